The highest BCUT2D eigenvalue weighted by Crippen LogP contribution is 2.28. The van der Waals surface area contributed by atoms with E-state index in [1.54, 1.807) is 0 Å². The van der Waals surface area contributed by atoms with Gasteiger partial charge in [-0.15, -0.1) is 0 Å². The van der Waals surface area contributed by atoms with Gasteiger partial charge >= 0.3 is 0 Å². The Bertz CT molecular complexity index is 928. The van der Waals surface area contributed by atoms with Crippen molar-refractivity contribution in [3.05, 3.63) is 57.4 Å². The van der Waals surface area contributed by atoms with Crippen LogP contribution < -0.4 is 5.32 Å². The lowest BCUT2D eigenvalue weighted by atomic mass is 10.1. The molecular weight excluding hydrogens is 420 g/mol. The van der Waals surface area contributed by atoms with Gasteiger partial charge in [0.25, 0.3) is 5.91 Å². The number of amides is 1. The van der Waals surface area contributed by atoms with E-state index in [0.717, 1.165) is 11.0 Å². The summed E-state index contributed by atoms with van der Waals surface area (Å²) < 4.78 is 15.8. The van der Waals surface area contributed by atoms with Crippen LogP contribution in [0.2, 0.25) is 0 Å². The molecule has 0 aliphatic heterocycles. The highest BCUT2D eigenvalue weighted by atomic mass is 127. The molecule has 1 aromatic heterocycles. The molecule has 2 aromatic carbocycles. The van der Waals surface area contributed by atoms with Gasteiger partial charge in [0.1, 0.15) is 5.82 Å². The molecule has 0 saturated carbocycles. The molecule has 124 valence electrons. The first kappa shape index (κ1) is 16.9. The van der Waals surface area contributed by atoms with Crippen molar-refractivity contribution in [2.45, 2.75) is 26.3 Å². The van der Waals surface area contributed by atoms with Crippen molar-refractivity contribution in [2.24, 2.45) is 0 Å². The maximum absolute atomic E-state index is 13.2. The van der Waals surface area contributed by atoms with Gasteiger partial charge < -0.3 is 4.57 Å². The Balaban J connectivity index is 2.05. The van der Waals surface area contributed by atoms with Crippen molar-refractivity contribution in [1.82, 2.24) is 9.55 Å². The van der Waals surface area contributed by atoms with Gasteiger partial charge in [-0.25, -0.2) is 9.37 Å². The maximum Gasteiger partial charge on any atom is 0.259 e. The Labute approximate surface area is 153 Å². The van der Waals surface area contributed by atoms with Gasteiger partial charge in [0.2, 0.25) is 5.95 Å². The molecule has 0 bridgehead atoms. The minimum atomic E-state index is -0.363. The maximum atomic E-state index is 13.2. The summed E-state index contributed by atoms with van der Waals surface area (Å²) in [7, 11) is 0. The summed E-state index contributed by atoms with van der Waals surface area (Å²) in [5.41, 5.74) is 1.93. The van der Waals surface area contributed by atoms with Crippen molar-refractivity contribution >= 4 is 45.5 Å². The molecule has 0 spiro atoms. The highest BCUT2D eigenvalue weighted by Gasteiger charge is 2.23. The van der Waals surface area contributed by atoms with Gasteiger partial charge in [-0.2, -0.15) is 0 Å². The van der Waals surface area contributed by atoms with Crippen LogP contribution in [-0.2, 0) is 5.54 Å². The van der Waals surface area contributed by atoms with Crippen LogP contribution in [-0.4, -0.2) is 15.5 Å². The Morgan fingerprint density at radius 1 is 1.21 bits per heavy atom. The molecule has 0 fully saturated rings. The average Bonchev–Trinajstić information content (AvgIpc) is 2.84. The van der Waals surface area contributed by atoms with E-state index in [1.165, 1.54) is 18.2 Å². The third-order valence-corrected chi connectivity index (χ3v) is 4.53. The number of nitrogens with zero attached hydrogens (tertiary/aromatic N) is 2. The SMILES string of the molecule is CC(C)(C)n1c(NC(=O)c2ccc(F)cc2I)nc2ccccc21. The number of halogens is 2. The number of aromatic nitrogens is 2. The minimum absolute atomic E-state index is 0.255. The number of benzene rings is 2. The molecule has 4 nitrogen and oxygen atoms in total. The average molecular weight is 437 g/mol. The summed E-state index contributed by atoms with van der Waals surface area (Å²) >= 11 is 1.96. The van der Waals surface area contributed by atoms with Crippen molar-refractivity contribution < 1.29 is 9.18 Å². The summed E-state index contributed by atoms with van der Waals surface area (Å²) in [6.45, 7) is 6.16. The fourth-order valence-corrected chi connectivity index (χ4v) is 3.35. The van der Waals surface area contributed by atoms with E-state index in [9.17, 15) is 9.18 Å². The Kier molecular flexibility index (Phi) is 4.33. The van der Waals surface area contributed by atoms with Gasteiger partial charge in [-0.1, -0.05) is 12.1 Å². The van der Waals surface area contributed by atoms with E-state index in [1.807, 2.05) is 51.4 Å². The molecule has 0 unspecified atom stereocenters. The number of rotatable bonds is 2. The summed E-state index contributed by atoms with van der Waals surface area (Å²) in [4.78, 5) is 17.2. The van der Waals surface area contributed by atoms with Crippen LogP contribution in [0.4, 0.5) is 10.3 Å². The predicted octanol–water partition coefficient (Wildman–Crippen LogP) is 4.79. The lowest BCUT2D eigenvalue weighted by molar-refractivity contribution is 0.102. The lowest BCUT2D eigenvalue weighted by Gasteiger charge is -2.24. The second-order valence-electron chi connectivity index (χ2n) is 6.51. The Morgan fingerprint density at radius 2 is 1.92 bits per heavy atom. The zero-order chi connectivity index (χ0) is 17.5. The number of para-hydroxylation sites is 2. The molecular formula is C18H17FIN3O. The summed E-state index contributed by atoms with van der Waals surface area (Å²) in [6.07, 6.45) is 0. The van der Waals surface area contributed by atoms with Crippen molar-refractivity contribution in [3.8, 4) is 0 Å². The molecule has 3 aromatic rings. The van der Waals surface area contributed by atoms with Gasteiger partial charge in [0, 0.05) is 9.11 Å². The zero-order valence-corrected chi connectivity index (χ0v) is 15.8. The molecule has 0 atom stereocenters. The van der Waals surface area contributed by atoms with Crippen LogP contribution in [0.25, 0.3) is 11.0 Å². The van der Waals surface area contributed by atoms with E-state index in [-0.39, 0.29) is 17.3 Å². The minimum Gasteiger partial charge on any atom is -0.305 e. The number of carbonyl (C=O) groups is 1. The van der Waals surface area contributed by atoms with Crippen molar-refractivity contribution in [2.75, 3.05) is 5.32 Å². The first-order valence-electron chi connectivity index (χ1n) is 7.52. The van der Waals surface area contributed by atoms with Crippen LogP contribution in [0.3, 0.4) is 0 Å². The third-order valence-electron chi connectivity index (χ3n) is 3.63. The second-order valence-corrected chi connectivity index (χ2v) is 7.67. The summed E-state index contributed by atoms with van der Waals surface area (Å²) in [6, 6.07) is 11.8. The number of hydrogen-bond donors (Lipinski definition) is 1. The third kappa shape index (κ3) is 3.15. The van der Waals surface area contributed by atoms with E-state index in [0.29, 0.717) is 15.1 Å². The zero-order valence-electron chi connectivity index (χ0n) is 13.6. The smallest absolute Gasteiger partial charge is 0.259 e. The van der Waals surface area contributed by atoms with E-state index >= 15 is 0 Å². The molecule has 6 heteroatoms. The summed E-state index contributed by atoms with van der Waals surface area (Å²) in [5, 5.41) is 2.87. The molecule has 1 heterocycles. The number of carbonyl (C=O) groups excluding carboxylic acids is 1. The molecule has 3 rings (SSSR count). The molecule has 0 saturated heterocycles. The largest absolute Gasteiger partial charge is 0.305 e. The van der Waals surface area contributed by atoms with Crippen LogP contribution in [0.1, 0.15) is 31.1 Å². The number of anilines is 1. The first-order valence-corrected chi connectivity index (χ1v) is 8.59. The number of nitrogens with one attached hydrogen (secondary N) is 1. The van der Waals surface area contributed by atoms with Crippen LogP contribution in [0.15, 0.2) is 42.5 Å². The standard InChI is InChI=1S/C18H17FIN3O/c1-18(2,3)23-15-7-5-4-6-14(15)21-17(23)22-16(24)12-9-8-11(19)10-13(12)20/h4-10H,1-3H3,(H,21,22,24). The van der Waals surface area contributed by atoms with Gasteiger partial charge in [0.15, 0.2) is 0 Å². The van der Waals surface area contributed by atoms with E-state index < -0.39 is 0 Å². The quantitative estimate of drug-likeness (QED) is 0.587. The Morgan fingerprint density at radius 3 is 2.58 bits per heavy atom. The second kappa shape index (κ2) is 6.16. The molecule has 0 aliphatic carbocycles. The van der Waals surface area contributed by atoms with E-state index in [4.69, 9.17) is 0 Å². The van der Waals surface area contributed by atoms with Gasteiger partial charge in [-0.05, 0) is 73.7 Å². The molecule has 24 heavy (non-hydrogen) atoms. The van der Waals surface area contributed by atoms with E-state index in [2.05, 4.69) is 31.1 Å². The highest BCUT2D eigenvalue weighted by molar-refractivity contribution is 14.1. The summed E-state index contributed by atoms with van der Waals surface area (Å²) in [5.74, 6) is -0.188. The van der Waals surface area contributed by atoms with Crippen molar-refractivity contribution in [1.29, 1.82) is 0 Å². The van der Waals surface area contributed by atoms with Crippen LogP contribution in [0.5, 0.6) is 0 Å². The van der Waals surface area contributed by atoms with Gasteiger partial charge in [-0.3, -0.25) is 10.1 Å². The Hall–Kier alpha value is -1.96. The molecule has 0 radical (unpaired) electrons. The fraction of sp³-hybridized carbons (Fsp3) is 0.222. The normalized spacial score (nSPS) is 11.7. The molecule has 0 aliphatic rings. The monoisotopic (exact) mass is 437 g/mol. The lowest BCUT2D eigenvalue weighted by Crippen LogP contribution is -2.26. The fourth-order valence-electron chi connectivity index (χ4n) is 2.63. The van der Waals surface area contributed by atoms with Crippen LogP contribution in [0, 0.1) is 9.39 Å². The first-order chi connectivity index (χ1) is 11.3. The van der Waals surface area contributed by atoms with Gasteiger partial charge in [0.05, 0.1) is 16.6 Å². The molecule has 1 N–H and O–H groups in total. The molecule has 1 amide bonds. The topological polar surface area (TPSA) is 46.9 Å². The van der Waals surface area contributed by atoms with Crippen LogP contribution >= 0.6 is 22.6 Å². The predicted molar refractivity (Wildman–Crippen MR) is 102 cm³/mol. The number of hydrogen-bond acceptors (Lipinski definition) is 2. The van der Waals surface area contributed by atoms with Crippen molar-refractivity contribution in [3.63, 3.8) is 0 Å². The number of imidazole rings is 1. The number of fused-ring (bicyclic) bond motifs is 1.